The maximum Gasteiger partial charge on any atom is 0.306 e. The molecule has 1 unspecified atom stereocenters. The average molecular weight is 486 g/mol. The molecule has 1 fully saturated rings. The number of benzene rings is 2. The summed E-state index contributed by atoms with van der Waals surface area (Å²) >= 11 is 0. The van der Waals surface area contributed by atoms with E-state index >= 15 is 0 Å². The fourth-order valence-electron chi connectivity index (χ4n) is 4.00. The molecule has 7 nitrogen and oxygen atoms in total. The van der Waals surface area contributed by atoms with Gasteiger partial charge in [0.2, 0.25) is 0 Å². The molecule has 0 saturated carbocycles. The van der Waals surface area contributed by atoms with Gasteiger partial charge in [0.1, 0.15) is 0 Å². The number of unbranched alkanes of at least 4 members (excludes halogenated alkanes) is 1. The van der Waals surface area contributed by atoms with E-state index in [0.717, 1.165) is 24.0 Å². The third-order valence-electron chi connectivity index (χ3n) is 5.95. The van der Waals surface area contributed by atoms with Crippen molar-refractivity contribution >= 4 is 27.5 Å². The van der Waals surface area contributed by atoms with Crippen molar-refractivity contribution in [3.8, 4) is 11.1 Å². The van der Waals surface area contributed by atoms with Crippen molar-refractivity contribution in [3.05, 3.63) is 60.2 Å². The quantitative estimate of drug-likeness (QED) is 0.356. The Morgan fingerprint density at radius 1 is 0.971 bits per heavy atom. The van der Waals surface area contributed by atoms with E-state index in [9.17, 15) is 22.8 Å². The first-order chi connectivity index (χ1) is 16.3. The summed E-state index contributed by atoms with van der Waals surface area (Å²) < 4.78 is 28.7. The highest BCUT2D eigenvalue weighted by Gasteiger charge is 2.34. The molecule has 1 aliphatic heterocycles. The van der Waals surface area contributed by atoms with Crippen LogP contribution in [0.3, 0.4) is 0 Å². The highest BCUT2D eigenvalue weighted by Crippen LogP contribution is 2.21. The van der Waals surface area contributed by atoms with Gasteiger partial charge in [-0.15, -0.1) is 0 Å². The molecule has 2 aromatic rings. The lowest BCUT2D eigenvalue weighted by Crippen LogP contribution is -2.43. The number of ketones is 1. The molecule has 0 spiro atoms. The number of hydrogen-bond acceptors (Lipinski definition) is 6. The molecule has 0 aromatic heterocycles. The monoisotopic (exact) mass is 485 g/mol. The van der Waals surface area contributed by atoms with Crippen molar-refractivity contribution in [2.24, 2.45) is 0 Å². The van der Waals surface area contributed by atoms with E-state index in [0.29, 0.717) is 18.5 Å². The van der Waals surface area contributed by atoms with Gasteiger partial charge in [-0.2, -0.15) is 0 Å². The van der Waals surface area contributed by atoms with Crippen LogP contribution in [0.5, 0.6) is 0 Å². The second-order valence-electron chi connectivity index (χ2n) is 8.52. The molecule has 1 atom stereocenters. The van der Waals surface area contributed by atoms with E-state index in [1.165, 1.54) is 4.90 Å². The molecular weight excluding hydrogens is 454 g/mol. The SMILES string of the molecule is CCCCN(C(=O)COC(=O)CCC(=O)c1ccc(-c2ccccc2)cc1)C1CCS(=O)(=O)C1. The number of ether oxygens (including phenoxy) is 1. The van der Waals surface area contributed by atoms with Gasteiger partial charge in [0, 0.05) is 24.6 Å². The van der Waals surface area contributed by atoms with Gasteiger partial charge in [-0.3, -0.25) is 14.4 Å². The lowest BCUT2D eigenvalue weighted by atomic mass is 10.0. The number of hydrogen-bond donors (Lipinski definition) is 0. The number of Topliss-reactive ketones (excluding diaryl/α,β-unsaturated/α-hetero) is 1. The fourth-order valence-corrected chi connectivity index (χ4v) is 5.73. The first kappa shape index (κ1) is 25.6. The molecule has 1 saturated heterocycles. The molecule has 8 heteroatoms. The highest BCUT2D eigenvalue weighted by molar-refractivity contribution is 7.91. The van der Waals surface area contributed by atoms with Gasteiger partial charge in [0.25, 0.3) is 5.91 Å². The Kier molecular flexibility index (Phi) is 8.98. The van der Waals surface area contributed by atoms with Crippen LogP contribution in [0.1, 0.15) is 49.4 Å². The van der Waals surface area contributed by atoms with Crippen LogP contribution in [-0.2, 0) is 24.2 Å². The number of amides is 1. The minimum absolute atomic E-state index is 0.0157. The van der Waals surface area contributed by atoms with E-state index in [1.54, 1.807) is 12.1 Å². The van der Waals surface area contributed by atoms with E-state index in [1.807, 2.05) is 49.4 Å². The zero-order chi connectivity index (χ0) is 24.6. The number of sulfone groups is 1. The summed E-state index contributed by atoms with van der Waals surface area (Å²) in [6, 6.07) is 16.7. The van der Waals surface area contributed by atoms with Crippen LogP contribution in [0, 0.1) is 0 Å². The second kappa shape index (κ2) is 11.9. The zero-order valence-electron chi connectivity index (χ0n) is 19.4. The number of rotatable bonds is 11. The van der Waals surface area contributed by atoms with Crippen LogP contribution >= 0.6 is 0 Å². The number of carbonyl (C=O) groups excluding carboxylic acids is 3. The van der Waals surface area contributed by atoms with E-state index in [-0.39, 0.29) is 36.2 Å². The van der Waals surface area contributed by atoms with Crippen LogP contribution < -0.4 is 0 Å². The van der Waals surface area contributed by atoms with Crippen molar-refractivity contribution in [2.45, 2.75) is 45.1 Å². The predicted octanol–water partition coefficient (Wildman–Crippen LogP) is 3.68. The molecule has 0 aliphatic carbocycles. The summed E-state index contributed by atoms with van der Waals surface area (Å²) in [6.45, 7) is 1.98. The average Bonchev–Trinajstić information content (AvgIpc) is 3.21. The number of carbonyl (C=O) groups is 3. The van der Waals surface area contributed by atoms with Gasteiger partial charge < -0.3 is 9.64 Å². The third-order valence-corrected chi connectivity index (χ3v) is 7.70. The minimum Gasteiger partial charge on any atom is -0.456 e. The van der Waals surface area contributed by atoms with E-state index in [4.69, 9.17) is 4.74 Å². The van der Waals surface area contributed by atoms with Crippen molar-refractivity contribution in [1.29, 1.82) is 0 Å². The van der Waals surface area contributed by atoms with Crippen molar-refractivity contribution < 1.29 is 27.5 Å². The maximum atomic E-state index is 12.6. The Balaban J connectivity index is 1.47. The lowest BCUT2D eigenvalue weighted by molar-refractivity contribution is -0.152. The molecule has 0 bridgehead atoms. The van der Waals surface area contributed by atoms with E-state index < -0.39 is 28.3 Å². The Labute approximate surface area is 201 Å². The van der Waals surface area contributed by atoms with E-state index in [2.05, 4.69) is 0 Å². The Hall–Kier alpha value is -3.00. The van der Waals surface area contributed by atoms with Crippen molar-refractivity contribution in [1.82, 2.24) is 4.90 Å². The first-order valence-electron chi connectivity index (χ1n) is 11.6. The molecule has 1 aliphatic rings. The molecule has 1 heterocycles. The summed E-state index contributed by atoms with van der Waals surface area (Å²) in [6.07, 6.45) is 1.87. The van der Waals surface area contributed by atoms with Crippen molar-refractivity contribution in [2.75, 3.05) is 24.7 Å². The summed E-state index contributed by atoms with van der Waals surface area (Å²) in [4.78, 5) is 38.8. The van der Waals surface area contributed by atoms with Crippen LogP contribution in [0.15, 0.2) is 54.6 Å². The third kappa shape index (κ3) is 7.25. The highest BCUT2D eigenvalue weighted by atomic mass is 32.2. The molecule has 2 aromatic carbocycles. The molecule has 3 rings (SSSR count). The van der Waals surface area contributed by atoms with Gasteiger partial charge in [0.05, 0.1) is 17.9 Å². The Morgan fingerprint density at radius 3 is 2.26 bits per heavy atom. The minimum atomic E-state index is -3.13. The second-order valence-corrected chi connectivity index (χ2v) is 10.8. The predicted molar refractivity (Wildman–Crippen MR) is 130 cm³/mol. The molecule has 0 N–H and O–H groups in total. The Bertz CT molecular complexity index is 1100. The maximum absolute atomic E-state index is 12.6. The van der Waals surface area contributed by atoms with Crippen LogP contribution in [0.2, 0.25) is 0 Å². The summed E-state index contributed by atoms with van der Waals surface area (Å²) in [5.41, 5.74) is 2.56. The van der Waals surface area contributed by atoms with Gasteiger partial charge in [-0.05, 0) is 24.0 Å². The standard InChI is InChI=1S/C26H31NO6S/c1-2-3-16-27(23-15-17-34(31,32)19-23)25(29)18-33-26(30)14-13-24(28)22-11-9-21(10-12-22)20-7-5-4-6-8-20/h4-12,23H,2-3,13-19H2,1H3. The summed E-state index contributed by atoms with van der Waals surface area (Å²) in [7, 11) is -3.13. The molecule has 1 amide bonds. The summed E-state index contributed by atoms with van der Waals surface area (Å²) in [5.74, 6) is -1.18. The van der Waals surface area contributed by atoms with Gasteiger partial charge in [-0.25, -0.2) is 8.42 Å². The lowest BCUT2D eigenvalue weighted by Gasteiger charge is -2.28. The smallest absolute Gasteiger partial charge is 0.306 e. The molecule has 0 radical (unpaired) electrons. The van der Waals surface area contributed by atoms with Crippen LogP contribution in [0.4, 0.5) is 0 Å². The number of nitrogens with zero attached hydrogens (tertiary/aromatic N) is 1. The first-order valence-corrected chi connectivity index (χ1v) is 13.5. The van der Waals surface area contributed by atoms with Gasteiger partial charge >= 0.3 is 5.97 Å². The van der Waals surface area contributed by atoms with Crippen LogP contribution in [0.25, 0.3) is 11.1 Å². The largest absolute Gasteiger partial charge is 0.456 e. The van der Waals surface area contributed by atoms with Crippen LogP contribution in [-0.4, -0.2) is 61.7 Å². The Morgan fingerprint density at radius 2 is 1.65 bits per heavy atom. The topological polar surface area (TPSA) is 97.8 Å². The zero-order valence-corrected chi connectivity index (χ0v) is 20.3. The molecule has 182 valence electrons. The normalized spacial score (nSPS) is 16.7. The van der Waals surface area contributed by atoms with Crippen molar-refractivity contribution in [3.63, 3.8) is 0 Å². The van der Waals surface area contributed by atoms with Gasteiger partial charge in [0.15, 0.2) is 22.2 Å². The summed E-state index contributed by atoms with van der Waals surface area (Å²) in [5, 5.41) is 0. The molecule has 34 heavy (non-hydrogen) atoms. The fraction of sp³-hybridized carbons (Fsp3) is 0.423. The number of esters is 1. The van der Waals surface area contributed by atoms with Gasteiger partial charge in [-0.1, -0.05) is 67.9 Å². The molecular formula is C26H31NO6S.